The van der Waals surface area contributed by atoms with Crippen molar-refractivity contribution in [1.82, 2.24) is 4.90 Å². The molecule has 1 fully saturated rings. The Bertz CT molecular complexity index is 442. The monoisotopic (exact) mass is 217 g/mol. The molecule has 2 aliphatic rings. The highest BCUT2D eigenvalue weighted by Crippen LogP contribution is 2.41. The van der Waals surface area contributed by atoms with Gasteiger partial charge in [0.25, 0.3) is 0 Å². The summed E-state index contributed by atoms with van der Waals surface area (Å²) in [6, 6.07) is 6.56. The smallest absolute Gasteiger partial charge is 0.337 e. The molecule has 2 heterocycles. The standard InChI is InChI=1S/C13H15NO2/c1-16-13(15)9-4-5-11-10(7-9)8-14-6-2-3-12(11)14/h4-5,7,12H,2-3,6,8H2,1H3. The van der Waals surface area contributed by atoms with Crippen molar-refractivity contribution < 1.29 is 9.53 Å². The first-order chi connectivity index (χ1) is 7.79. The summed E-state index contributed by atoms with van der Waals surface area (Å²) in [5.41, 5.74) is 3.38. The minimum Gasteiger partial charge on any atom is -0.465 e. The molecule has 0 radical (unpaired) electrons. The Morgan fingerprint density at radius 1 is 1.50 bits per heavy atom. The van der Waals surface area contributed by atoms with Crippen molar-refractivity contribution in [3.8, 4) is 0 Å². The first kappa shape index (κ1) is 9.85. The summed E-state index contributed by atoms with van der Waals surface area (Å²) < 4.78 is 4.74. The molecule has 1 aromatic rings. The average molecular weight is 217 g/mol. The maximum absolute atomic E-state index is 11.4. The van der Waals surface area contributed by atoms with E-state index in [-0.39, 0.29) is 5.97 Å². The van der Waals surface area contributed by atoms with Crippen LogP contribution in [-0.4, -0.2) is 24.5 Å². The maximum atomic E-state index is 11.4. The van der Waals surface area contributed by atoms with E-state index in [1.165, 1.54) is 37.6 Å². The zero-order valence-electron chi connectivity index (χ0n) is 9.40. The highest BCUT2D eigenvalue weighted by atomic mass is 16.5. The van der Waals surface area contributed by atoms with Crippen LogP contribution in [0.15, 0.2) is 18.2 Å². The lowest BCUT2D eigenvalue weighted by atomic mass is 10.0. The summed E-state index contributed by atoms with van der Waals surface area (Å²) in [7, 11) is 1.42. The lowest BCUT2D eigenvalue weighted by Gasteiger charge is -2.13. The number of carbonyl (C=O) groups excluding carboxylic acids is 1. The van der Waals surface area contributed by atoms with Crippen LogP contribution in [0.1, 0.15) is 40.4 Å². The second-order valence-corrected chi connectivity index (χ2v) is 4.53. The summed E-state index contributed by atoms with van der Waals surface area (Å²) in [6.45, 7) is 2.18. The quantitative estimate of drug-likeness (QED) is 0.675. The molecule has 0 amide bonds. The van der Waals surface area contributed by atoms with Gasteiger partial charge >= 0.3 is 5.97 Å². The van der Waals surface area contributed by atoms with Gasteiger partial charge in [0.05, 0.1) is 12.7 Å². The topological polar surface area (TPSA) is 29.5 Å². The summed E-state index contributed by atoms with van der Waals surface area (Å²) in [5.74, 6) is -0.241. The van der Waals surface area contributed by atoms with Crippen molar-refractivity contribution in [2.24, 2.45) is 0 Å². The molecule has 3 heteroatoms. The van der Waals surface area contributed by atoms with Crippen molar-refractivity contribution >= 4 is 5.97 Å². The van der Waals surface area contributed by atoms with Gasteiger partial charge in [0.2, 0.25) is 0 Å². The van der Waals surface area contributed by atoms with Crippen LogP contribution < -0.4 is 0 Å². The van der Waals surface area contributed by atoms with Gasteiger partial charge in [0, 0.05) is 12.6 Å². The Morgan fingerprint density at radius 3 is 3.19 bits per heavy atom. The van der Waals surface area contributed by atoms with Gasteiger partial charge in [-0.05, 0) is 42.6 Å². The number of hydrogen-bond acceptors (Lipinski definition) is 3. The number of rotatable bonds is 1. The van der Waals surface area contributed by atoms with Gasteiger partial charge in [0.1, 0.15) is 0 Å². The van der Waals surface area contributed by atoms with Gasteiger partial charge in [-0.25, -0.2) is 4.79 Å². The molecule has 1 atom stereocenters. The van der Waals surface area contributed by atoms with Gasteiger partial charge in [-0.2, -0.15) is 0 Å². The van der Waals surface area contributed by atoms with Crippen molar-refractivity contribution in [3.05, 3.63) is 34.9 Å². The number of fused-ring (bicyclic) bond motifs is 3. The fourth-order valence-electron chi connectivity index (χ4n) is 2.90. The van der Waals surface area contributed by atoms with E-state index in [1.807, 2.05) is 12.1 Å². The Kier molecular flexibility index (Phi) is 2.21. The molecule has 0 spiro atoms. The first-order valence-corrected chi connectivity index (χ1v) is 5.75. The second-order valence-electron chi connectivity index (χ2n) is 4.53. The third-order valence-electron chi connectivity index (χ3n) is 3.66. The molecule has 0 saturated carbocycles. The zero-order valence-corrected chi connectivity index (χ0v) is 9.40. The highest BCUT2D eigenvalue weighted by Gasteiger charge is 2.33. The lowest BCUT2D eigenvalue weighted by molar-refractivity contribution is 0.0600. The van der Waals surface area contributed by atoms with Crippen LogP contribution in [0.2, 0.25) is 0 Å². The number of nitrogens with zero attached hydrogens (tertiary/aromatic N) is 1. The van der Waals surface area contributed by atoms with Crippen molar-refractivity contribution in [2.75, 3.05) is 13.7 Å². The Hall–Kier alpha value is -1.35. The van der Waals surface area contributed by atoms with Crippen molar-refractivity contribution in [1.29, 1.82) is 0 Å². The van der Waals surface area contributed by atoms with E-state index in [0.717, 1.165) is 6.54 Å². The molecular weight excluding hydrogens is 202 g/mol. The van der Waals surface area contributed by atoms with Crippen molar-refractivity contribution in [2.45, 2.75) is 25.4 Å². The minimum atomic E-state index is -0.241. The third-order valence-corrected chi connectivity index (χ3v) is 3.66. The molecular formula is C13H15NO2. The molecule has 3 rings (SSSR count). The predicted octanol–water partition coefficient (Wildman–Crippen LogP) is 2.12. The zero-order chi connectivity index (χ0) is 11.1. The molecule has 16 heavy (non-hydrogen) atoms. The minimum absolute atomic E-state index is 0.241. The molecule has 84 valence electrons. The number of methoxy groups -OCH3 is 1. The van der Waals surface area contributed by atoms with Crippen LogP contribution in [0, 0.1) is 0 Å². The van der Waals surface area contributed by atoms with E-state index in [0.29, 0.717) is 11.6 Å². The van der Waals surface area contributed by atoms with Gasteiger partial charge in [-0.3, -0.25) is 4.90 Å². The van der Waals surface area contributed by atoms with Gasteiger partial charge in [-0.1, -0.05) is 6.07 Å². The number of esters is 1. The second kappa shape index (κ2) is 3.59. The Morgan fingerprint density at radius 2 is 2.38 bits per heavy atom. The highest BCUT2D eigenvalue weighted by molar-refractivity contribution is 5.89. The van der Waals surface area contributed by atoms with Gasteiger partial charge in [0.15, 0.2) is 0 Å². The molecule has 3 nitrogen and oxygen atoms in total. The molecule has 0 bridgehead atoms. The van der Waals surface area contributed by atoms with Crippen LogP contribution in [0.3, 0.4) is 0 Å². The van der Waals surface area contributed by atoms with Gasteiger partial charge in [-0.15, -0.1) is 0 Å². The van der Waals surface area contributed by atoms with Crippen LogP contribution >= 0.6 is 0 Å². The van der Waals surface area contributed by atoms with E-state index in [1.54, 1.807) is 0 Å². The number of carbonyl (C=O) groups is 1. The normalized spacial score (nSPS) is 22.9. The molecule has 0 aliphatic carbocycles. The maximum Gasteiger partial charge on any atom is 0.337 e. The van der Waals surface area contributed by atoms with Gasteiger partial charge < -0.3 is 4.74 Å². The number of benzene rings is 1. The SMILES string of the molecule is COC(=O)c1ccc2c(c1)CN1CCCC21. The summed E-state index contributed by atoms with van der Waals surface area (Å²) in [4.78, 5) is 13.9. The predicted molar refractivity (Wildman–Crippen MR) is 60.2 cm³/mol. The number of ether oxygens (including phenoxy) is 1. The van der Waals surface area contributed by atoms with Crippen LogP contribution in [0.25, 0.3) is 0 Å². The van der Waals surface area contributed by atoms with E-state index >= 15 is 0 Å². The van der Waals surface area contributed by atoms with E-state index in [2.05, 4.69) is 11.0 Å². The molecule has 1 unspecified atom stereocenters. The molecule has 1 saturated heterocycles. The van der Waals surface area contributed by atoms with E-state index < -0.39 is 0 Å². The first-order valence-electron chi connectivity index (χ1n) is 5.75. The fraction of sp³-hybridized carbons (Fsp3) is 0.462. The molecule has 0 aromatic heterocycles. The third kappa shape index (κ3) is 1.35. The fourth-order valence-corrected chi connectivity index (χ4v) is 2.90. The number of hydrogen-bond donors (Lipinski definition) is 0. The summed E-state index contributed by atoms with van der Waals surface area (Å²) in [6.07, 6.45) is 2.55. The molecule has 2 aliphatic heterocycles. The van der Waals surface area contributed by atoms with E-state index in [9.17, 15) is 4.79 Å². The molecule has 1 aromatic carbocycles. The Labute approximate surface area is 95.0 Å². The largest absolute Gasteiger partial charge is 0.465 e. The van der Waals surface area contributed by atoms with Crippen LogP contribution in [-0.2, 0) is 11.3 Å². The van der Waals surface area contributed by atoms with Crippen LogP contribution in [0.5, 0.6) is 0 Å². The average Bonchev–Trinajstić information content (AvgIpc) is 2.86. The van der Waals surface area contributed by atoms with Crippen molar-refractivity contribution in [3.63, 3.8) is 0 Å². The molecule has 0 N–H and O–H groups in total. The Balaban J connectivity index is 1.97. The van der Waals surface area contributed by atoms with E-state index in [4.69, 9.17) is 4.74 Å². The summed E-state index contributed by atoms with van der Waals surface area (Å²) >= 11 is 0. The van der Waals surface area contributed by atoms with Crippen LogP contribution in [0.4, 0.5) is 0 Å². The lowest BCUT2D eigenvalue weighted by Crippen LogP contribution is -2.14. The summed E-state index contributed by atoms with van der Waals surface area (Å²) in [5, 5.41) is 0.